The predicted octanol–water partition coefficient (Wildman–Crippen LogP) is 14.4. The van der Waals surface area contributed by atoms with Crippen LogP contribution in [0.3, 0.4) is 0 Å². The Morgan fingerprint density at radius 1 is 0.259 bits per heavy atom. The summed E-state index contributed by atoms with van der Waals surface area (Å²) in [5, 5.41) is 7.42. The number of rotatable bonds is 6. The molecule has 272 valence electrons. The number of nitrogens with zero attached hydrogens (tertiary/aromatic N) is 4. The molecular weight excluding hydrogens is 705 g/mol. The molecule has 12 rings (SSSR count). The van der Waals surface area contributed by atoms with Crippen molar-refractivity contribution in [2.75, 3.05) is 4.90 Å². The number of hydrogen-bond donors (Lipinski definition) is 0. The number of fused-ring (bicyclic) bond motifs is 10. The van der Waals surface area contributed by atoms with Crippen LogP contribution in [0.1, 0.15) is 0 Å². The van der Waals surface area contributed by atoms with E-state index in [4.69, 9.17) is 0 Å². The maximum absolute atomic E-state index is 2.48. The van der Waals surface area contributed by atoms with Gasteiger partial charge in [-0.05, 0) is 84.9 Å². The van der Waals surface area contributed by atoms with Crippen LogP contribution in [0.5, 0.6) is 0 Å². The first-order valence-corrected chi connectivity index (χ1v) is 19.9. The Balaban J connectivity index is 1.23. The topological polar surface area (TPSA) is 18.0 Å². The summed E-state index contributed by atoms with van der Waals surface area (Å²) >= 11 is 0. The summed E-state index contributed by atoms with van der Waals surface area (Å²) in [5.74, 6) is 0. The van der Waals surface area contributed by atoms with Crippen molar-refractivity contribution in [3.63, 3.8) is 0 Å². The molecular formula is C54H36N4. The average Bonchev–Trinajstić information content (AvgIpc) is 3.93. The summed E-state index contributed by atoms with van der Waals surface area (Å²) in [6, 6.07) is 79.2. The Morgan fingerprint density at radius 2 is 0.672 bits per heavy atom. The molecule has 9 aromatic carbocycles. The van der Waals surface area contributed by atoms with E-state index >= 15 is 0 Å². The van der Waals surface area contributed by atoms with E-state index in [1.54, 1.807) is 0 Å². The summed E-state index contributed by atoms with van der Waals surface area (Å²) in [5.41, 5.74) is 13.7. The lowest BCUT2D eigenvalue weighted by atomic mass is 10.1. The number of benzene rings is 9. The molecule has 3 heterocycles. The van der Waals surface area contributed by atoms with Crippen LogP contribution in [0.25, 0.3) is 82.5 Å². The lowest BCUT2D eigenvalue weighted by Gasteiger charge is -2.27. The van der Waals surface area contributed by atoms with Gasteiger partial charge in [0, 0.05) is 49.4 Å². The van der Waals surface area contributed by atoms with Crippen molar-refractivity contribution in [2.24, 2.45) is 0 Å². The van der Waals surface area contributed by atoms with Gasteiger partial charge in [0.15, 0.2) is 0 Å². The Bertz CT molecular complexity index is 3410. The minimum absolute atomic E-state index is 1.07. The molecule has 0 saturated carbocycles. The predicted molar refractivity (Wildman–Crippen MR) is 244 cm³/mol. The van der Waals surface area contributed by atoms with E-state index in [0.29, 0.717) is 0 Å². The Labute approximate surface area is 335 Å². The lowest BCUT2D eigenvalue weighted by Crippen LogP contribution is -2.11. The van der Waals surface area contributed by atoms with Gasteiger partial charge >= 0.3 is 0 Å². The molecule has 0 fully saturated rings. The third-order valence-electron chi connectivity index (χ3n) is 11.8. The summed E-state index contributed by atoms with van der Waals surface area (Å²) in [4.78, 5) is 2.38. The molecule has 0 spiro atoms. The molecule has 0 unspecified atom stereocenters. The SMILES string of the molecule is c1ccc(N(c2ccccc2)c2cc(-n3c4ccccc4c4ccccc43)cc(-n3c4ccccc4c4c3ccc3c5ccccc5n(-c5ccccc5)c34)c2)cc1. The smallest absolute Gasteiger partial charge is 0.0641 e. The fourth-order valence-electron chi connectivity index (χ4n) is 9.40. The first-order valence-electron chi connectivity index (χ1n) is 19.9. The highest BCUT2D eigenvalue weighted by Gasteiger charge is 2.23. The maximum atomic E-state index is 2.48. The van der Waals surface area contributed by atoms with E-state index < -0.39 is 0 Å². The first kappa shape index (κ1) is 32.4. The van der Waals surface area contributed by atoms with Crippen LogP contribution in [0.15, 0.2) is 218 Å². The van der Waals surface area contributed by atoms with Gasteiger partial charge in [0.1, 0.15) is 0 Å². The molecule has 4 nitrogen and oxygen atoms in total. The number of hydrogen-bond acceptors (Lipinski definition) is 1. The standard InChI is InChI=1S/C54H36N4/c1-4-18-37(19-5-1)55(38-20-6-2-7-21-38)40-34-41(56-48-28-14-10-24-43(48)44-25-11-15-29-49(44)56)36-42(35-40)57-51-31-17-13-27-47(51)53-52(57)33-32-46-45-26-12-16-30-50(45)58(54(46)53)39-22-8-3-9-23-39/h1-36H. The van der Waals surface area contributed by atoms with Gasteiger partial charge in [-0.3, -0.25) is 0 Å². The van der Waals surface area contributed by atoms with Crippen LogP contribution in [-0.4, -0.2) is 13.7 Å². The fraction of sp³-hybridized carbons (Fsp3) is 0. The van der Waals surface area contributed by atoms with Gasteiger partial charge in [0.25, 0.3) is 0 Å². The summed E-state index contributed by atoms with van der Waals surface area (Å²) in [7, 11) is 0. The van der Waals surface area contributed by atoms with E-state index in [2.05, 4.69) is 237 Å². The second-order valence-electron chi connectivity index (χ2n) is 15.0. The molecule has 4 heteroatoms. The van der Waals surface area contributed by atoms with Crippen LogP contribution in [0.2, 0.25) is 0 Å². The molecule has 0 atom stereocenters. The molecule has 3 aromatic heterocycles. The Morgan fingerprint density at radius 3 is 1.22 bits per heavy atom. The highest BCUT2D eigenvalue weighted by Crippen LogP contribution is 2.44. The highest BCUT2D eigenvalue weighted by atomic mass is 15.1. The summed E-state index contributed by atoms with van der Waals surface area (Å²) < 4.78 is 7.37. The van der Waals surface area contributed by atoms with E-state index in [9.17, 15) is 0 Å². The van der Waals surface area contributed by atoms with Gasteiger partial charge in [-0.25, -0.2) is 0 Å². The molecule has 0 amide bonds. The molecule has 58 heavy (non-hydrogen) atoms. The fourth-order valence-corrected chi connectivity index (χ4v) is 9.40. The monoisotopic (exact) mass is 740 g/mol. The van der Waals surface area contributed by atoms with E-state index in [1.165, 1.54) is 54.4 Å². The van der Waals surface area contributed by atoms with Gasteiger partial charge in [0.2, 0.25) is 0 Å². The zero-order valence-electron chi connectivity index (χ0n) is 31.6. The largest absolute Gasteiger partial charge is 0.310 e. The zero-order valence-corrected chi connectivity index (χ0v) is 31.6. The van der Waals surface area contributed by atoms with Crippen molar-refractivity contribution in [1.82, 2.24) is 13.7 Å². The lowest BCUT2D eigenvalue weighted by molar-refractivity contribution is 1.12. The van der Waals surface area contributed by atoms with Gasteiger partial charge in [-0.1, -0.05) is 133 Å². The molecule has 0 aliphatic rings. The summed E-state index contributed by atoms with van der Waals surface area (Å²) in [6.45, 7) is 0. The minimum atomic E-state index is 1.07. The van der Waals surface area contributed by atoms with Crippen molar-refractivity contribution in [3.8, 4) is 17.1 Å². The molecule has 0 bridgehead atoms. The van der Waals surface area contributed by atoms with Gasteiger partial charge in [-0.2, -0.15) is 0 Å². The molecule has 0 N–H and O–H groups in total. The number of aromatic nitrogens is 3. The zero-order chi connectivity index (χ0) is 38.2. The van der Waals surface area contributed by atoms with E-state index in [1.807, 2.05) is 0 Å². The van der Waals surface area contributed by atoms with E-state index in [-0.39, 0.29) is 0 Å². The number of para-hydroxylation sites is 7. The third-order valence-corrected chi connectivity index (χ3v) is 11.8. The highest BCUT2D eigenvalue weighted by molar-refractivity contribution is 6.26. The summed E-state index contributed by atoms with van der Waals surface area (Å²) in [6.07, 6.45) is 0. The third kappa shape index (κ3) is 4.82. The Kier molecular flexibility index (Phi) is 7.20. The molecule has 0 aliphatic heterocycles. The van der Waals surface area contributed by atoms with Crippen LogP contribution < -0.4 is 4.90 Å². The molecule has 0 aliphatic carbocycles. The maximum Gasteiger partial charge on any atom is 0.0641 e. The van der Waals surface area contributed by atoms with Crippen LogP contribution in [-0.2, 0) is 0 Å². The second kappa shape index (κ2) is 12.9. The molecule has 12 aromatic rings. The molecule has 0 saturated heterocycles. The van der Waals surface area contributed by atoms with Crippen LogP contribution in [0, 0.1) is 0 Å². The second-order valence-corrected chi connectivity index (χ2v) is 15.0. The Hall–Kier alpha value is -7.82. The van der Waals surface area contributed by atoms with Crippen molar-refractivity contribution >= 4 is 82.5 Å². The molecule has 0 radical (unpaired) electrons. The number of anilines is 3. The van der Waals surface area contributed by atoms with Crippen molar-refractivity contribution in [3.05, 3.63) is 218 Å². The average molecular weight is 741 g/mol. The van der Waals surface area contributed by atoms with Crippen molar-refractivity contribution in [1.29, 1.82) is 0 Å². The van der Waals surface area contributed by atoms with Gasteiger partial charge in [0.05, 0.1) is 50.2 Å². The first-order chi connectivity index (χ1) is 28.8. The minimum Gasteiger partial charge on any atom is -0.310 e. The van der Waals surface area contributed by atoms with Gasteiger partial charge in [-0.15, -0.1) is 0 Å². The normalized spacial score (nSPS) is 11.8. The quantitative estimate of drug-likeness (QED) is 0.166. The van der Waals surface area contributed by atoms with Crippen molar-refractivity contribution in [2.45, 2.75) is 0 Å². The van der Waals surface area contributed by atoms with Gasteiger partial charge < -0.3 is 18.6 Å². The van der Waals surface area contributed by atoms with Crippen molar-refractivity contribution < 1.29 is 0 Å². The van der Waals surface area contributed by atoms with Crippen LogP contribution >= 0.6 is 0 Å². The van der Waals surface area contributed by atoms with E-state index in [0.717, 1.165) is 45.2 Å². The van der Waals surface area contributed by atoms with Crippen LogP contribution in [0.4, 0.5) is 17.1 Å².